The van der Waals surface area contributed by atoms with E-state index in [1.54, 1.807) is 11.3 Å². The number of nitrogens with one attached hydrogen (secondary N) is 1. The van der Waals surface area contributed by atoms with Crippen LogP contribution >= 0.6 is 34.4 Å². The molecule has 1 aliphatic rings. The largest absolute Gasteiger partial charge is 0.465 e. The van der Waals surface area contributed by atoms with Crippen molar-refractivity contribution in [2.24, 2.45) is 0 Å². The fraction of sp³-hybridized carbons (Fsp3) is 0.417. The molecule has 1 N–H and O–H groups in total. The number of cyclic esters (lactones) is 1. The van der Waals surface area contributed by atoms with Crippen LogP contribution in [0.2, 0.25) is 0 Å². The van der Waals surface area contributed by atoms with Crippen molar-refractivity contribution in [2.75, 3.05) is 18.5 Å². The zero-order chi connectivity index (χ0) is 13.8. The molecule has 0 aromatic carbocycles. The second kappa shape index (κ2) is 6.55. The smallest absolute Gasteiger partial charge is 0.319 e. The fourth-order valence-corrected chi connectivity index (χ4v) is 4.48. The van der Waals surface area contributed by atoms with E-state index in [9.17, 15) is 4.79 Å². The van der Waals surface area contributed by atoms with Crippen LogP contribution in [0.4, 0.5) is 5.13 Å². The van der Waals surface area contributed by atoms with Crippen molar-refractivity contribution in [3.05, 3.63) is 22.4 Å². The normalized spacial score (nSPS) is 18.2. The Hall–Kier alpha value is -1.12. The van der Waals surface area contributed by atoms with Crippen molar-refractivity contribution in [1.82, 2.24) is 10.2 Å². The van der Waals surface area contributed by atoms with Crippen molar-refractivity contribution >= 4 is 45.5 Å². The average Bonchev–Trinajstić information content (AvgIpc) is 3.15. The molecule has 106 valence electrons. The summed E-state index contributed by atoms with van der Waals surface area (Å²) in [6.45, 7) is 1.35. The summed E-state index contributed by atoms with van der Waals surface area (Å²) < 4.78 is 5.75. The molecular formula is C12H13N3O2S3. The lowest BCUT2D eigenvalue weighted by molar-refractivity contribution is -0.137. The lowest BCUT2D eigenvalue weighted by Gasteiger charge is -2.00. The zero-order valence-corrected chi connectivity index (χ0v) is 13.0. The monoisotopic (exact) mass is 327 g/mol. The van der Waals surface area contributed by atoms with E-state index in [0.717, 1.165) is 28.9 Å². The number of nitrogens with zero attached hydrogens (tertiary/aromatic N) is 2. The van der Waals surface area contributed by atoms with Crippen LogP contribution in [-0.2, 0) is 16.0 Å². The van der Waals surface area contributed by atoms with E-state index in [2.05, 4.69) is 33.0 Å². The Kier molecular flexibility index (Phi) is 4.54. The van der Waals surface area contributed by atoms with Gasteiger partial charge in [0.1, 0.15) is 5.25 Å². The summed E-state index contributed by atoms with van der Waals surface area (Å²) in [7, 11) is 0. The van der Waals surface area contributed by atoms with Crippen LogP contribution in [0.15, 0.2) is 21.9 Å². The third-order valence-corrected chi connectivity index (χ3v) is 5.91. The van der Waals surface area contributed by atoms with Gasteiger partial charge in [0.05, 0.1) is 6.61 Å². The van der Waals surface area contributed by atoms with E-state index in [1.807, 2.05) is 0 Å². The van der Waals surface area contributed by atoms with Crippen molar-refractivity contribution in [1.29, 1.82) is 0 Å². The molecule has 2 aromatic heterocycles. The van der Waals surface area contributed by atoms with E-state index >= 15 is 0 Å². The zero-order valence-electron chi connectivity index (χ0n) is 10.6. The standard InChI is InChI=1S/C12H13N3O2S3/c16-10-9(4-6-17-10)19-12-15-14-11(20-12)13-5-3-8-2-1-7-18-8/h1-2,7,9H,3-6H2,(H,13,14)/t9-/m1/s1. The van der Waals surface area contributed by atoms with Gasteiger partial charge in [-0.1, -0.05) is 29.2 Å². The second-order valence-electron chi connectivity index (χ2n) is 4.19. The molecule has 1 saturated heterocycles. The predicted molar refractivity (Wildman–Crippen MR) is 81.6 cm³/mol. The Balaban J connectivity index is 1.48. The summed E-state index contributed by atoms with van der Waals surface area (Å²) in [5.41, 5.74) is 0. The molecular weight excluding hydrogens is 314 g/mol. The van der Waals surface area contributed by atoms with Gasteiger partial charge in [-0.15, -0.1) is 21.5 Å². The minimum atomic E-state index is -0.141. The van der Waals surface area contributed by atoms with Crippen LogP contribution in [0.25, 0.3) is 0 Å². The highest BCUT2D eigenvalue weighted by atomic mass is 32.2. The van der Waals surface area contributed by atoms with Crippen LogP contribution in [0.1, 0.15) is 11.3 Å². The molecule has 0 aliphatic carbocycles. The third kappa shape index (κ3) is 3.50. The van der Waals surface area contributed by atoms with Gasteiger partial charge < -0.3 is 10.1 Å². The Morgan fingerprint density at radius 2 is 2.45 bits per heavy atom. The molecule has 8 heteroatoms. The van der Waals surface area contributed by atoms with Crippen molar-refractivity contribution < 1.29 is 9.53 Å². The van der Waals surface area contributed by atoms with E-state index < -0.39 is 0 Å². The molecule has 1 fully saturated rings. The molecule has 0 radical (unpaired) electrons. The molecule has 0 saturated carbocycles. The van der Waals surface area contributed by atoms with E-state index in [-0.39, 0.29) is 11.2 Å². The maximum Gasteiger partial charge on any atom is 0.319 e. The van der Waals surface area contributed by atoms with E-state index in [4.69, 9.17) is 4.74 Å². The molecule has 2 aromatic rings. The minimum absolute atomic E-state index is 0.123. The van der Waals surface area contributed by atoms with Crippen LogP contribution < -0.4 is 5.32 Å². The maximum absolute atomic E-state index is 11.4. The van der Waals surface area contributed by atoms with Gasteiger partial charge in [0.15, 0.2) is 4.34 Å². The van der Waals surface area contributed by atoms with Gasteiger partial charge in [-0.3, -0.25) is 4.79 Å². The number of aromatic nitrogens is 2. The van der Waals surface area contributed by atoms with Gasteiger partial charge in [0.2, 0.25) is 5.13 Å². The summed E-state index contributed by atoms with van der Waals surface area (Å²) in [4.78, 5) is 12.7. The van der Waals surface area contributed by atoms with Crippen LogP contribution in [-0.4, -0.2) is 34.6 Å². The van der Waals surface area contributed by atoms with Gasteiger partial charge in [-0.25, -0.2) is 0 Å². The fourth-order valence-electron chi connectivity index (χ4n) is 1.78. The average molecular weight is 327 g/mol. The first-order valence-corrected chi connectivity index (χ1v) is 8.82. The summed E-state index contributed by atoms with van der Waals surface area (Å²) >= 11 is 4.68. The molecule has 0 spiro atoms. The van der Waals surface area contributed by atoms with E-state index in [1.165, 1.54) is 28.0 Å². The van der Waals surface area contributed by atoms with E-state index in [0.29, 0.717) is 6.61 Å². The van der Waals surface area contributed by atoms with Crippen molar-refractivity contribution in [3.8, 4) is 0 Å². The van der Waals surface area contributed by atoms with Crippen molar-refractivity contribution in [3.63, 3.8) is 0 Å². The molecule has 20 heavy (non-hydrogen) atoms. The number of thioether (sulfide) groups is 1. The number of ether oxygens (including phenoxy) is 1. The summed E-state index contributed by atoms with van der Waals surface area (Å²) in [6, 6.07) is 4.18. The first-order valence-electron chi connectivity index (χ1n) is 6.24. The maximum atomic E-state index is 11.4. The summed E-state index contributed by atoms with van der Waals surface area (Å²) in [5, 5.41) is 14.2. The molecule has 1 aliphatic heterocycles. The number of esters is 1. The van der Waals surface area contributed by atoms with Gasteiger partial charge in [0.25, 0.3) is 0 Å². The SMILES string of the molecule is O=C1OCC[C@H]1Sc1nnc(NCCc2cccs2)s1. The third-order valence-electron chi connectivity index (χ3n) is 2.76. The highest BCUT2D eigenvalue weighted by Crippen LogP contribution is 2.32. The quantitative estimate of drug-likeness (QED) is 0.823. The molecule has 1 atom stereocenters. The highest BCUT2D eigenvalue weighted by Gasteiger charge is 2.28. The molecule has 3 heterocycles. The number of hydrogen-bond acceptors (Lipinski definition) is 8. The molecule has 0 unspecified atom stereocenters. The number of thiophene rings is 1. The number of rotatable bonds is 6. The number of carbonyl (C=O) groups is 1. The number of carbonyl (C=O) groups excluding carboxylic acids is 1. The van der Waals surface area contributed by atoms with Crippen molar-refractivity contribution in [2.45, 2.75) is 22.4 Å². The Bertz CT molecular complexity index is 570. The summed E-state index contributed by atoms with van der Waals surface area (Å²) in [5.74, 6) is -0.141. The minimum Gasteiger partial charge on any atom is -0.465 e. The van der Waals surface area contributed by atoms with Crippen LogP contribution in [0, 0.1) is 0 Å². The van der Waals surface area contributed by atoms with Crippen LogP contribution in [0.3, 0.4) is 0 Å². The topological polar surface area (TPSA) is 64.1 Å². The highest BCUT2D eigenvalue weighted by molar-refractivity contribution is 8.02. The summed E-state index contributed by atoms with van der Waals surface area (Å²) in [6.07, 6.45) is 1.74. The van der Waals surface area contributed by atoms with Gasteiger partial charge in [-0.05, 0) is 17.9 Å². The van der Waals surface area contributed by atoms with Gasteiger partial charge in [-0.2, -0.15) is 0 Å². The Labute approximate surface area is 128 Å². The number of anilines is 1. The second-order valence-corrected chi connectivity index (χ2v) is 7.65. The predicted octanol–water partition coefficient (Wildman–Crippen LogP) is 2.66. The Morgan fingerprint density at radius 3 is 3.20 bits per heavy atom. The first kappa shape index (κ1) is 13.8. The molecule has 3 rings (SSSR count). The molecule has 0 bridgehead atoms. The lowest BCUT2D eigenvalue weighted by Crippen LogP contribution is -2.08. The molecule has 5 nitrogen and oxygen atoms in total. The van der Waals surface area contributed by atoms with Gasteiger partial charge in [0, 0.05) is 17.8 Å². The first-order chi connectivity index (χ1) is 9.81. The molecule has 0 amide bonds. The van der Waals surface area contributed by atoms with Crippen LogP contribution in [0.5, 0.6) is 0 Å². The lowest BCUT2D eigenvalue weighted by atomic mass is 10.3. The number of hydrogen-bond donors (Lipinski definition) is 1. The Morgan fingerprint density at radius 1 is 1.50 bits per heavy atom. The van der Waals surface area contributed by atoms with Gasteiger partial charge >= 0.3 is 5.97 Å².